The fourth-order valence-corrected chi connectivity index (χ4v) is 2.36. The van der Waals surface area contributed by atoms with Crippen molar-refractivity contribution < 1.29 is 14.1 Å². The van der Waals surface area contributed by atoms with Crippen LogP contribution in [0.2, 0.25) is 0 Å². The van der Waals surface area contributed by atoms with Crippen LogP contribution in [0.3, 0.4) is 0 Å². The minimum atomic E-state index is -0.0661. The average molecular weight is 253 g/mol. The predicted molar refractivity (Wildman–Crippen MR) is 63.5 cm³/mol. The standard InChI is InChI=1S/C12H19N3O3/c1-2-17-12(16)9-4-3-5-10(6-9)13-7-11-14-8-18-15-11/h8-10,13H,2-7H2,1H3. The van der Waals surface area contributed by atoms with Crippen molar-refractivity contribution in [3.05, 3.63) is 12.2 Å². The van der Waals surface area contributed by atoms with Crippen molar-refractivity contribution in [1.29, 1.82) is 0 Å². The average Bonchev–Trinajstić information content (AvgIpc) is 2.90. The van der Waals surface area contributed by atoms with Gasteiger partial charge in [-0.25, -0.2) is 0 Å². The van der Waals surface area contributed by atoms with E-state index in [1.807, 2.05) is 6.92 Å². The Balaban J connectivity index is 1.77. The van der Waals surface area contributed by atoms with Gasteiger partial charge >= 0.3 is 5.97 Å². The molecule has 0 bridgehead atoms. The van der Waals surface area contributed by atoms with Gasteiger partial charge in [0.05, 0.1) is 19.1 Å². The third-order valence-electron chi connectivity index (χ3n) is 3.25. The van der Waals surface area contributed by atoms with Crippen LogP contribution < -0.4 is 5.32 Å². The Morgan fingerprint density at radius 2 is 2.50 bits per heavy atom. The van der Waals surface area contributed by atoms with E-state index in [0.29, 0.717) is 25.0 Å². The van der Waals surface area contributed by atoms with Crippen LogP contribution in [0.5, 0.6) is 0 Å². The first kappa shape index (κ1) is 13.0. The molecule has 2 rings (SSSR count). The second-order valence-electron chi connectivity index (χ2n) is 4.54. The topological polar surface area (TPSA) is 77.2 Å². The minimum absolute atomic E-state index is 0.0291. The normalized spacial score (nSPS) is 23.8. The van der Waals surface area contributed by atoms with Crippen LogP contribution in [0.15, 0.2) is 10.9 Å². The number of esters is 1. The highest BCUT2D eigenvalue weighted by molar-refractivity contribution is 5.72. The number of nitrogens with zero attached hydrogens (tertiary/aromatic N) is 2. The zero-order chi connectivity index (χ0) is 12.8. The number of ether oxygens (including phenoxy) is 1. The van der Waals surface area contributed by atoms with Crippen LogP contribution in [-0.2, 0) is 16.1 Å². The van der Waals surface area contributed by atoms with Gasteiger partial charge in [-0.05, 0) is 26.2 Å². The lowest BCUT2D eigenvalue weighted by Crippen LogP contribution is -2.36. The quantitative estimate of drug-likeness (QED) is 0.796. The maximum absolute atomic E-state index is 11.7. The smallest absolute Gasteiger partial charge is 0.308 e. The highest BCUT2D eigenvalue weighted by Gasteiger charge is 2.28. The van der Waals surface area contributed by atoms with Crippen LogP contribution in [0.1, 0.15) is 38.4 Å². The van der Waals surface area contributed by atoms with Crippen molar-refractivity contribution in [2.24, 2.45) is 5.92 Å². The Kier molecular flexibility index (Phi) is 4.69. The number of carbonyl (C=O) groups is 1. The van der Waals surface area contributed by atoms with Gasteiger partial charge in [-0.15, -0.1) is 0 Å². The molecule has 0 spiro atoms. The monoisotopic (exact) mass is 253 g/mol. The molecule has 0 radical (unpaired) electrons. The van der Waals surface area contributed by atoms with Crippen LogP contribution in [0, 0.1) is 5.92 Å². The molecule has 2 unspecified atom stereocenters. The summed E-state index contributed by atoms with van der Waals surface area (Å²) in [7, 11) is 0. The van der Waals surface area contributed by atoms with Gasteiger partial charge in [0.15, 0.2) is 5.82 Å². The van der Waals surface area contributed by atoms with E-state index in [1.54, 1.807) is 0 Å². The summed E-state index contributed by atoms with van der Waals surface area (Å²) < 4.78 is 9.74. The zero-order valence-electron chi connectivity index (χ0n) is 10.6. The van der Waals surface area contributed by atoms with Gasteiger partial charge in [-0.3, -0.25) is 4.79 Å². The fraction of sp³-hybridized carbons (Fsp3) is 0.750. The Hall–Kier alpha value is -1.43. The van der Waals surface area contributed by atoms with E-state index >= 15 is 0 Å². The maximum atomic E-state index is 11.7. The highest BCUT2D eigenvalue weighted by Crippen LogP contribution is 2.25. The van der Waals surface area contributed by atoms with Crippen LogP contribution in [0.4, 0.5) is 0 Å². The molecule has 6 nitrogen and oxygen atoms in total. The SMILES string of the molecule is CCOC(=O)C1CCCC(NCc2ncon2)C1. The minimum Gasteiger partial charge on any atom is -0.466 e. The van der Waals surface area contributed by atoms with Crippen molar-refractivity contribution in [1.82, 2.24) is 15.5 Å². The molecular formula is C12H19N3O3. The Labute approximate surface area is 106 Å². The summed E-state index contributed by atoms with van der Waals surface area (Å²) in [6.07, 6.45) is 5.20. The largest absolute Gasteiger partial charge is 0.466 e. The first-order valence-electron chi connectivity index (χ1n) is 6.45. The Morgan fingerprint density at radius 1 is 1.61 bits per heavy atom. The van der Waals surface area contributed by atoms with Crippen molar-refractivity contribution in [2.45, 2.75) is 45.2 Å². The molecular weight excluding hydrogens is 234 g/mol. The second-order valence-corrected chi connectivity index (χ2v) is 4.54. The molecule has 0 amide bonds. The van der Waals surface area contributed by atoms with E-state index in [0.717, 1.165) is 25.7 Å². The number of aromatic nitrogens is 2. The summed E-state index contributed by atoms with van der Waals surface area (Å²) in [5, 5.41) is 7.10. The molecule has 1 aliphatic rings. The molecule has 0 saturated heterocycles. The zero-order valence-corrected chi connectivity index (χ0v) is 10.6. The molecule has 18 heavy (non-hydrogen) atoms. The van der Waals surface area contributed by atoms with Crippen molar-refractivity contribution in [3.8, 4) is 0 Å². The van der Waals surface area contributed by atoms with Crippen LogP contribution in [0.25, 0.3) is 0 Å². The second kappa shape index (κ2) is 6.49. The van der Waals surface area contributed by atoms with Gasteiger partial charge in [0.2, 0.25) is 6.39 Å². The third kappa shape index (κ3) is 3.53. The van der Waals surface area contributed by atoms with Crippen molar-refractivity contribution in [2.75, 3.05) is 6.61 Å². The lowest BCUT2D eigenvalue weighted by molar-refractivity contribution is -0.149. The Morgan fingerprint density at radius 3 is 3.22 bits per heavy atom. The molecule has 100 valence electrons. The summed E-state index contributed by atoms with van der Waals surface area (Å²) in [4.78, 5) is 15.6. The predicted octanol–water partition coefficient (Wildman–Crippen LogP) is 1.28. The molecule has 0 aliphatic heterocycles. The van der Waals surface area contributed by atoms with E-state index in [4.69, 9.17) is 4.74 Å². The van der Waals surface area contributed by atoms with E-state index in [2.05, 4.69) is 20.0 Å². The third-order valence-corrected chi connectivity index (χ3v) is 3.25. The lowest BCUT2D eigenvalue weighted by Gasteiger charge is -2.28. The van der Waals surface area contributed by atoms with Gasteiger partial charge in [-0.1, -0.05) is 11.6 Å². The van der Waals surface area contributed by atoms with Crippen molar-refractivity contribution in [3.63, 3.8) is 0 Å². The number of nitrogens with one attached hydrogen (secondary N) is 1. The van der Waals surface area contributed by atoms with Gasteiger partial charge < -0.3 is 14.6 Å². The maximum Gasteiger partial charge on any atom is 0.308 e. The first-order chi connectivity index (χ1) is 8.79. The summed E-state index contributed by atoms with van der Waals surface area (Å²) in [6, 6.07) is 0.326. The van der Waals surface area contributed by atoms with E-state index in [1.165, 1.54) is 6.39 Å². The summed E-state index contributed by atoms with van der Waals surface area (Å²) in [5.74, 6) is 0.610. The molecule has 2 atom stereocenters. The summed E-state index contributed by atoms with van der Waals surface area (Å²) >= 11 is 0. The van der Waals surface area contributed by atoms with Crippen molar-refractivity contribution >= 4 is 5.97 Å². The molecule has 6 heteroatoms. The number of hydrogen-bond donors (Lipinski definition) is 1. The molecule has 1 aromatic heterocycles. The van der Waals surface area contributed by atoms with Gasteiger partial charge in [0.25, 0.3) is 0 Å². The lowest BCUT2D eigenvalue weighted by atomic mass is 9.86. The molecule has 1 N–H and O–H groups in total. The number of carbonyl (C=O) groups excluding carboxylic acids is 1. The van der Waals surface area contributed by atoms with E-state index in [9.17, 15) is 4.79 Å². The molecule has 1 aromatic rings. The van der Waals surface area contributed by atoms with Crippen LogP contribution in [-0.4, -0.2) is 28.8 Å². The molecule has 1 fully saturated rings. The number of hydrogen-bond acceptors (Lipinski definition) is 6. The van der Waals surface area contributed by atoms with Gasteiger partial charge in [0.1, 0.15) is 0 Å². The summed E-state index contributed by atoms with van der Waals surface area (Å²) in [5.41, 5.74) is 0. The van der Waals surface area contributed by atoms with E-state index in [-0.39, 0.29) is 11.9 Å². The first-order valence-corrected chi connectivity index (χ1v) is 6.45. The number of rotatable bonds is 5. The molecule has 1 saturated carbocycles. The fourth-order valence-electron chi connectivity index (χ4n) is 2.36. The molecule has 1 aliphatic carbocycles. The Bertz CT molecular complexity index is 367. The molecule has 0 aromatic carbocycles. The highest BCUT2D eigenvalue weighted by atomic mass is 16.5. The van der Waals surface area contributed by atoms with Gasteiger partial charge in [-0.2, -0.15) is 4.98 Å². The summed E-state index contributed by atoms with van der Waals surface area (Å²) in [6.45, 7) is 2.87. The van der Waals surface area contributed by atoms with E-state index < -0.39 is 0 Å². The van der Waals surface area contributed by atoms with Gasteiger partial charge in [0, 0.05) is 6.04 Å². The molecule has 1 heterocycles. The van der Waals surface area contributed by atoms with Crippen LogP contribution >= 0.6 is 0 Å².